The highest BCUT2D eigenvalue weighted by atomic mass is 16.7. The fraction of sp³-hybridized carbons (Fsp3) is 1.00. The molecular formula is C9H17N3O3. The Hall–Kier alpha value is -0.810. The Morgan fingerprint density at radius 1 is 1.60 bits per heavy atom. The van der Waals surface area contributed by atoms with E-state index in [0.29, 0.717) is 6.42 Å². The predicted molar refractivity (Wildman–Crippen MR) is 54.1 cm³/mol. The number of ether oxygens (including phenoxy) is 2. The number of hydrogen-bond acceptors (Lipinski definition) is 4. The van der Waals surface area contributed by atoms with Crippen LogP contribution in [-0.2, 0) is 9.47 Å². The van der Waals surface area contributed by atoms with Crippen LogP contribution in [0.2, 0.25) is 0 Å². The molecule has 86 valence electrons. The van der Waals surface area contributed by atoms with Crippen molar-refractivity contribution in [3.05, 3.63) is 10.4 Å². The van der Waals surface area contributed by atoms with E-state index in [-0.39, 0.29) is 12.0 Å². The number of azide groups is 1. The van der Waals surface area contributed by atoms with Gasteiger partial charge in [0.25, 0.3) is 0 Å². The number of aliphatic hydroxyl groups is 1. The van der Waals surface area contributed by atoms with Crippen molar-refractivity contribution in [1.82, 2.24) is 0 Å². The lowest BCUT2D eigenvalue weighted by atomic mass is 9.89. The average Bonchev–Trinajstić information content (AvgIpc) is 2.25. The maximum Gasteiger partial charge on any atom is 0.160 e. The minimum Gasteiger partial charge on any atom is -0.390 e. The van der Waals surface area contributed by atoms with Gasteiger partial charge in [-0.25, -0.2) is 0 Å². The average molecular weight is 215 g/mol. The van der Waals surface area contributed by atoms with Crippen molar-refractivity contribution in [2.24, 2.45) is 11.0 Å². The van der Waals surface area contributed by atoms with Crippen molar-refractivity contribution < 1.29 is 14.6 Å². The Morgan fingerprint density at radius 2 is 2.27 bits per heavy atom. The van der Waals surface area contributed by atoms with E-state index < -0.39 is 18.4 Å². The molecule has 1 aliphatic rings. The largest absolute Gasteiger partial charge is 0.390 e. The highest BCUT2D eigenvalue weighted by Gasteiger charge is 2.41. The molecule has 6 heteroatoms. The topological polar surface area (TPSA) is 87.5 Å². The van der Waals surface area contributed by atoms with Crippen molar-refractivity contribution >= 4 is 0 Å². The smallest absolute Gasteiger partial charge is 0.160 e. The van der Waals surface area contributed by atoms with Crippen LogP contribution in [0, 0.1) is 5.92 Å². The van der Waals surface area contributed by atoms with Crippen molar-refractivity contribution in [1.29, 1.82) is 0 Å². The molecule has 0 amide bonds. The van der Waals surface area contributed by atoms with Gasteiger partial charge in [-0.2, -0.15) is 0 Å². The van der Waals surface area contributed by atoms with Crippen molar-refractivity contribution in [3.8, 4) is 0 Å². The molecule has 0 aromatic rings. The van der Waals surface area contributed by atoms with Crippen LogP contribution in [0.3, 0.4) is 0 Å². The second-order valence-electron chi connectivity index (χ2n) is 3.73. The van der Waals surface area contributed by atoms with E-state index in [9.17, 15) is 5.11 Å². The first-order chi connectivity index (χ1) is 7.15. The molecule has 1 aliphatic heterocycles. The van der Waals surface area contributed by atoms with Gasteiger partial charge in [0.1, 0.15) is 0 Å². The quantitative estimate of drug-likeness (QED) is 0.439. The summed E-state index contributed by atoms with van der Waals surface area (Å²) in [5.41, 5.74) is 8.44. The maximum absolute atomic E-state index is 9.90. The molecule has 2 unspecified atom stereocenters. The molecule has 0 aliphatic carbocycles. The first-order valence-electron chi connectivity index (χ1n) is 5.06. The molecular weight excluding hydrogens is 198 g/mol. The summed E-state index contributed by atoms with van der Waals surface area (Å²) < 4.78 is 10.7. The number of nitrogens with zero attached hydrogens (tertiary/aromatic N) is 3. The summed E-state index contributed by atoms with van der Waals surface area (Å²) in [5.74, 6) is -0.149. The van der Waals surface area contributed by atoms with Gasteiger partial charge in [0.2, 0.25) is 0 Å². The molecule has 1 heterocycles. The van der Waals surface area contributed by atoms with Crippen LogP contribution in [0.25, 0.3) is 10.4 Å². The normalized spacial score (nSPS) is 40.9. The van der Waals surface area contributed by atoms with Crippen molar-refractivity contribution in [2.75, 3.05) is 7.11 Å². The summed E-state index contributed by atoms with van der Waals surface area (Å²) in [7, 11) is 1.54. The van der Waals surface area contributed by atoms with Crippen LogP contribution in [-0.4, -0.2) is 36.8 Å². The summed E-state index contributed by atoms with van der Waals surface area (Å²) in [6, 6.07) is -0.487. The molecule has 6 nitrogen and oxygen atoms in total. The van der Waals surface area contributed by atoms with Gasteiger partial charge in [0.15, 0.2) is 6.29 Å². The Kier molecular flexibility index (Phi) is 4.35. The van der Waals surface area contributed by atoms with Gasteiger partial charge in [0.05, 0.1) is 18.2 Å². The zero-order chi connectivity index (χ0) is 11.4. The molecule has 1 N–H and O–H groups in total. The predicted octanol–water partition coefficient (Wildman–Crippen LogP) is 1.44. The van der Waals surface area contributed by atoms with E-state index in [1.54, 1.807) is 7.11 Å². The van der Waals surface area contributed by atoms with Gasteiger partial charge in [0, 0.05) is 17.9 Å². The van der Waals surface area contributed by atoms with Crippen molar-refractivity contribution in [3.63, 3.8) is 0 Å². The van der Waals surface area contributed by atoms with E-state index in [2.05, 4.69) is 10.0 Å². The van der Waals surface area contributed by atoms with Gasteiger partial charge in [-0.3, -0.25) is 0 Å². The van der Waals surface area contributed by atoms with Gasteiger partial charge < -0.3 is 14.6 Å². The van der Waals surface area contributed by atoms with Gasteiger partial charge in [-0.1, -0.05) is 19.0 Å². The second-order valence-corrected chi connectivity index (χ2v) is 3.73. The SMILES string of the molecule is CCC1O[C@H](OC)C(C)[C@@H](N=[N+]=[N-])[C@@H]1O. The summed E-state index contributed by atoms with van der Waals surface area (Å²) in [4.78, 5) is 2.75. The number of aliphatic hydroxyl groups excluding tert-OH is 1. The molecule has 1 rings (SSSR count). The second kappa shape index (κ2) is 5.32. The van der Waals surface area contributed by atoms with E-state index in [0.717, 1.165) is 0 Å². The lowest BCUT2D eigenvalue weighted by Gasteiger charge is -2.41. The first-order valence-corrected chi connectivity index (χ1v) is 5.06. The summed E-state index contributed by atoms with van der Waals surface area (Å²) >= 11 is 0. The van der Waals surface area contributed by atoms with Gasteiger partial charge in [-0.15, -0.1) is 0 Å². The summed E-state index contributed by atoms with van der Waals surface area (Å²) in [5, 5.41) is 13.5. The zero-order valence-electron chi connectivity index (χ0n) is 9.20. The molecule has 0 bridgehead atoms. The minimum atomic E-state index is -0.757. The third-order valence-corrected chi connectivity index (χ3v) is 2.83. The van der Waals surface area contributed by atoms with Crippen LogP contribution in [0.15, 0.2) is 5.11 Å². The molecule has 0 saturated carbocycles. The van der Waals surface area contributed by atoms with E-state index >= 15 is 0 Å². The Labute approximate surface area is 88.8 Å². The highest BCUT2D eigenvalue weighted by Crippen LogP contribution is 2.29. The standard InChI is InChI=1S/C9H17N3O3/c1-4-6-8(13)7(11-12-10)5(2)9(14-3)15-6/h5-9,13H,4H2,1-3H3/t5?,6?,7-,8-,9+/m1/s1. The molecule has 0 aromatic carbocycles. The van der Waals surface area contributed by atoms with E-state index in [1.165, 1.54) is 0 Å². The third kappa shape index (κ3) is 2.41. The maximum atomic E-state index is 9.90. The lowest BCUT2D eigenvalue weighted by Crippen LogP contribution is -2.52. The minimum absolute atomic E-state index is 0.149. The summed E-state index contributed by atoms with van der Waals surface area (Å²) in [6.45, 7) is 3.74. The Balaban J connectivity index is 2.85. The third-order valence-electron chi connectivity index (χ3n) is 2.83. The number of hydrogen-bond donors (Lipinski definition) is 1. The zero-order valence-corrected chi connectivity index (χ0v) is 9.20. The number of rotatable bonds is 3. The first kappa shape index (κ1) is 12.3. The molecule has 0 spiro atoms. The Morgan fingerprint density at radius 3 is 2.73 bits per heavy atom. The fourth-order valence-electron chi connectivity index (χ4n) is 1.91. The molecule has 1 saturated heterocycles. The van der Waals surface area contributed by atoms with Gasteiger partial charge >= 0.3 is 0 Å². The van der Waals surface area contributed by atoms with Crippen LogP contribution in [0.5, 0.6) is 0 Å². The lowest BCUT2D eigenvalue weighted by molar-refractivity contribution is -0.241. The van der Waals surface area contributed by atoms with Crippen molar-refractivity contribution in [2.45, 2.75) is 44.8 Å². The van der Waals surface area contributed by atoms with Gasteiger partial charge in [-0.05, 0) is 12.0 Å². The van der Waals surface area contributed by atoms with Crippen LogP contribution >= 0.6 is 0 Å². The summed E-state index contributed by atoms with van der Waals surface area (Å²) in [6.07, 6.45) is -0.853. The molecule has 15 heavy (non-hydrogen) atoms. The number of methoxy groups -OCH3 is 1. The fourth-order valence-corrected chi connectivity index (χ4v) is 1.91. The van der Waals surface area contributed by atoms with E-state index in [1.807, 2.05) is 13.8 Å². The van der Waals surface area contributed by atoms with Crippen LogP contribution in [0.1, 0.15) is 20.3 Å². The Bertz CT molecular complexity index is 239. The molecule has 5 atom stereocenters. The van der Waals surface area contributed by atoms with E-state index in [4.69, 9.17) is 15.0 Å². The molecule has 1 fully saturated rings. The molecule has 0 aromatic heterocycles. The van der Waals surface area contributed by atoms with Crippen LogP contribution in [0.4, 0.5) is 0 Å². The highest BCUT2D eigenvalue weighted by molar-refractivity contribution is 4.91. The monoisotopic (exact) mass is 215 g/mol. The molecule has 0 radical (unpaired) electrons. The van der Waals surface area contributed by atoms with Crippen LogP contribution < -0.4 is 0 Å².